The Morgan fingerprint density at radius 1 is 0.939 bits per heavy atom. The van der Waals surface area contributed by atoms with Gasteiger partial charge in [0.05, 0.1) is 29.5 Å². The number of H-pyrrole nitrogens is 1. The minimum Gasteiger partial charge on any atom is -0.465 e. The highest BCUT2D eigenvalue weighted by molar-refractivity contribution is 8.76. The van der Waals surface area contributed by atoms with Gasteiger partial charge in [-0.3, -0.25) is 38.5 Å². The van der Waals surface area contributed by atoms with E-state index in [0.29, 0.717) is 47.6 Å². The van der Waals surface area contributed by atoms with Crippen molar-refractivity contribution in [2.24, 2.45) is 17.6 Å². The van der Waals surface area contributed by atoms with Crippen molar-refractivity contribution in [2.75, 3.05) is 48.4 Å². The number of carbonyl (C=O) groups excluding carboxylic acids is 6. The Morgan fingerprint density at radius 2 is 1.64 bits per heavy atom. The average Bonchev–Trinajstić information content (AvgIpc) is 3.26. The maximum absolute atomic E-state index is 13.4. The second-order valence-corrected chi connectivity index (χ2v) is 19.3. The third-order valence-corrected chi connectivity index (χ3v) is 12.0. The molecule has 3 amide bonds. The summed E-state index contributed by atoms with van der Waals surface area (Å²) in [4.78, 5) is 96.9. The van der Waals surface area contributed by atoms with Crippen molar-refractivity contribution in [1.29, 1.82) is 0 Å². The number of hydrogen-bond donors (Lipinski definition) is 6. The molecule has 17 nitrogen and oxygen atoms in total. The Labute approximate surface area is 394 Å². The fourth-order valence-electron chi connectivity index (χ4n) is 6.08. The third kappa shape index (κ3) is 19.6. The molecular formula is C47H62N8O9S2. The molecular weight excluding hydrogens is 885 g/mol. The zero-order valence-corrected chi connectivity index (χ0v) is 40.1. The number of terminal acetylenes is 1. The molecule has 4 unspecified atom stereocenters. The second-order valence-electron chi connectivity index (χ2n) is 16.6. The number of nitrogens with two attached hydrogens (primary N) is 2. The Morgan fingerprint density at radius 3 is 2.32 bits per heavy atom. The van der Waals surface area contributed by atoms with Crippen LogP contribution in [0.4, 0.5) is 11.6 Å². The van der Waals surface area contributed by atoms with E-state index in [0.717, 1.165) is 11.3 Å². The van der Waals surface area contributed by atoms with Crippen molar-refractivity contribution in [2.45, 2.75) is 97.9 Å². The zero-order valence-electron chi connectivity index (χ0n) is 38.5. The maximum Gasteiger partial charge on any atom is 0.305 e. The van der Waals surface area contributed by atoms with E-state index in [9.17, 15) is 33.6 Å². The lowest BCUT2D eigenvalue weighted by molar-refractivity contribution is -0.143. The van der Waals surface area contributed by atoms with Gasteiger partial charge in [-0.15, -0.1) is 6.42 Å². The van der Waals surface area contributed by atoms with Crippen LogP contribution in [0.2, 0.25) is 0 Å². The van der Waals surface area contributed by atoms with E-state index >= 15 is 0 Å². The normalized spacial score (nSPS) is 12.8. The van der Waals surface area contributed by atoms with Gasteiger partial charge in [0.2, 0.25) is 17.8 Å². The number of anilines is 2. The van der Waals surface area contributed by atoms with Crippen LogP contribution in [0.5, 0.6) is 0 Å². The SMILES string of the molecule is C#CCN(Cc1ccc2nc(N)[nH]c(=O)c2c1)c1ccc(C(=O)NC(C#COC(C)(C)C)CCC(=O)OCCSSCCC(=O)CC(C)C(=O)NC(C)C(=O)CC(C)C(=O)NCCN)cc1. The van der Waals surface area contributed by atoms with Gasteiger partial charge in [-0.05, 0) is 82.0 Å². The van der Waals surface area contributed by atoms with Crippen LogP contribution in [-0.4, -0.2) is 101 Å². The highest BCUT2D eigenvalue weighted by atomic mass is 33.1. The van der Waals surface area contributed by atoms with Crippen LogP contribution in [0.3, 0.4) is 0 Å². The summed E-state index contributed by atoms with van der Waals surface area (Å²) in [5.74, 6) is 3.43. The Bertz CT molecular complexity index is 2320. The molecule has 3 rings (SSSR count). The number of ether oxygens (including phenoxy) is 2. The first-order valence-electron chi connectivity index (χ1n) is 21.6. The summed E-state index contributed by atoms with van der Waals surface area (Å²) in [7, 11) is 2.89. The fraction of sp³-hybridized carbons (Fsp3) is 0.489. The summed E-state index contributed by atoms with van der Waals surface area (Å²) in [6.45, 7) is 11.7. The Hall–Kier alpha value is -6.02. The van der Waals surface area contributed by atoms with Crippen LogP contribution in [0.25, 0.3) is 10.9 Å². The van der Waals surface area contributed by atoms with E-state index in [1.807, 2.05) is 31.7 Å². The number of hydrogen-bond acceptors (Lipinski definition) is 15. The highest BCUT2D eigenvalue weighted by Gasteiger charge is 2.25. The second kappa shape index (κ2) is 27.5. The molecule has 66 heavy (non-hydrogen) atoms. The molecule has 0 aliphatic heterocycles. The summed E-state index contributed by atoms with van der Waals surface area (Å²) in [5, 5.41) is 8.56. The number of nitrogens with one attached hydrogen (secondary N) is 4. The number of aromatic nitrogens is 2. The number of aromatic amines is 1. The largest absolute Gasteiger partial charge is 0.465 e. The standard InChI is InChI=1S/C47H62N8O9S2/c1-8-21-55(29-33-9-15-39-38(28-33)45(62)54-46(49)53-39)36-13-10-34(11-14-36)44(61)52-35(17-22-64-47(5,6)7)12-16-41(58)63-23-25-66-65-24-18-37(56)26-30(2)43(60)51-32(4)40(57)27-31(3)42(59)50-20-19-48/h1,9-11,13-15,28,30-32,35H,12,16,18-21,23-27,29,48H2,2-7H3,(H,50,59)(H,51,60)(H,52,61)(H3,49,53,54,62). The Balaban J connectivity index is 1.42. The minimum atomic E-state index is -0.801. The van der Waals surface area contributed by atoms with E-state index in [2.05, 4.69) is 43.9 Å². The van der Waals surface area contributed by atoms with Crippen LogP contribution in [0, 0.1) is 36.2 Å². The average molecular weight is 947 g/mol. The van der Waals surface area contributed by atoms with E-state index in [4.69, 9.17) is 27.4 Å². The van der Waals surface area contributed by atoms with Gasteiger partial charge in [-0.2, -0.15) is 0 Å². The third-order valence-electron chi connectivity index (χ3n) is 9.67. The molecule has 0 aliphatic rings. The summed E-state index contributed by atoms with van der Waals surface area (Å²) in [5.41, 5.74) is 12.6. The summed E-state index contributed by atoms with van der Waals surface area (Å²) < 4.78 is 11.0. The molecule has 0 spiro atoms. The fourth-order valence-corrected chi connectivity index (χ4v) is 7.94. The van der Waals surface area contributed by atoms with Crippen molar-refractivity contribution < 1.29 is 38.2 Å². The van der Waals surface area contributed by atoms with Gasteiger partial charge in [0, 0.05) is 79.9 Å². The molecule has 0 radical (unpaired) electrons. The van der Waals surface area contributed by atoms with Gasteiger partial charge < -0.3 is 41.8 Å². The number of nitrogens with zero attached hydrogens (tertiary/aromatic N) is 2. The van der Waals surface area contributed by atoms with Crippen molar-refractivity contribution in [1.82, 2.24) is 25.9 Å². The Kier molecular flexibility index (Phi) is 22.6. The van der Waals surface area contributed by atoms with Crippen molar-refractivity contribution in [3.63, 3.8) is 0 Å². The monoisotopic (exact) mass is 946 g/mol. The van der Waals surface area contributed by atoms with Gasteiger partial charge in [0.15, 0.2) is 5.78 Å². The van der Waals surface area contributed by atoms with E-state index in [1.54, 1.807) is 57.2 Å². The molecule has 19 heteroatoms. The molecule has 8 N–H and O–H groups in total. The molecule has 2 aromatic carbocycles. The maximum atomic E-state index is 13.4. The number of carbonyl (C=O) groups is 6. The molecule has 3 aromatic rings. The van der Waals surface area contributed by atoms with Crippen LogP contribution >= 0.6 is 21.6 Å². The smallest absolute Gasteiger partial charge is 0.305 e. The molecule has 1 heterocycles. The first kappa shape index (κ1) is 54.3. The number of rotatable bonds is 26. The van der Waals surface area contributed by atoms with Gasteiger partial charge in [-0.1, -0.05) is 47.4 Å². The zero-order chi connectivity index (χ0) is 48.8. The number of fused-ring (bicyclic) bond motifs is 1. The number of amides is 3. The van der Waals surface area contributed by atoms with Crippen molar-refractivity contribution in [3.8, 4) is 24.4 Å². The summed E-state index contributed by atoms with van der Waals surface area (Å²) >= 11 is 0. The van der Waals surface area contributed by atoms with E-state index in [-0.39, 0.29) is 74.2 Å². The van der Waals surface area contributed by atoms with Crippen LogP contribution in [0.15, 0.2) is 47.3 Å². The van der Waals surface area contributed by atoms with Crippen molar-refractivity contribution in [3.05, 3.63) is 63.9 Å². The molecule has 1 aromatic heterocycles. The van der Waals surface area contributed by atoms with Crippen LogP contribution in [-0.2, 0) is 40.0 Å². The first-order chi connectivity index (χ1) is 31.3. The van der Waals surface area contributed by atoms with E-state index < -0.39 is 47.3 Å². The van der Waals surface area contributed by atoms with Crippen LogP contribution < -0.4 is 37.9 Å². The van der Waals surface area contributed by atoms with E-state index in [1.165, 1.54) is 21.6 Å². The minimum absolute atomic E-state index is 0.0181. The van der Waals surface area contributed by atoms with Crippen LogP contribution in [0.1, 0.15) is 89.6 Å². The molecule has 0 fully saturated rings. The predicted octanol–water partition coefficient (Wildman–Crippen LogP) is 3.88. The van der Waals surface area contributed by atoms with Gasteiger partial charge in [-0.25, -0.2) is 4.98 Å². The molecule has 0 bridgehead atoms. The number of benzene rings is 2. The molecule has 0 saturated carbocycles. The van der Waals surface area contributed by atoms with Gasteiger partial charge in [0.25, 0.3) is 11.5 Å². The topological polar surface area (TPSA) is 258 Å². The summed E-state index contributed by atoms with van der Waals surface area (Å²) in [6.07, 6.45) is 8.72. The summed E-state index contributed by atoms with van der Waals surface area (Å²) in [6, 6.07) is 10.6. The lowest BCUT2D eigenvalue weighted by Gasteiger charge is -2.23. The highest BCUT2D eigenvalue weighted by Crippen LogP contribution is 2.23. The first-order valence-corrected chi connectivity index (χ1v) is 24.1. The quantitative estimate of drug-likeness (QED) is 0.0289. The molecule has 0 saturated heterocycles. The number of ketones is 2. The van der Waals surface area contributed by atoms with Crippen molar-refractivity contribution >= 4 is 79.4 Å². The number of Topliss-reactive ketones (excluding diaryl/α,β-unsaturated/α-hetero) is 2. The number of esters is 1. The predicted molar refractivity (Wildman–Crippen MR) is 260 cm³/mol. The molecule has 0 aliphatic carbocycles. The molecule has 4 atom stereocenters. The number of nitrogen functional groups attached to an aromatic ring is 1. The van der Waals surface area contributed by atoms with Gasteiger partial charge >= 0.3 is 5.97 Å². The lowest BCUT2D eigenvalue weighted by atomic mass is 9.98. The molecule has 356 valence electrons. The lowest BCUT2D eigenvalue weighted by Crippen LogP contribution is -2.43. The van der Waals surface area contributed by atoms with Gasteiger partial charge in [0.1, 0.15) is 24.1 Å².